The summed E-state index contributed by atoms with van der Waals surface area (Å²) in [6.07, 6.45) is 4.75. The number of hydrogen-bond acceptors (Lipinski definition) is 4. The van der Waals surface area contributed by atoms with E-state index in [9.17, 15) is 9.59 Å². The summed E-state index contributed by atoms with van der Waals surface area (Å²) in [5.41, 5.74) is 0.292. The Kier molecular flexibility index (Phi) is 3.03. The van der Waals surface area contributed by atoms with Gasteiger partial charge in [0.2, 0.25) is 0 Å². The van der Waals surface area contributed by atoms with Gasteiger partial charge < -0.3 is 4.74 Å². The van der Waals surface area contributed by atoms with Crippen molar-refractivity contribution in [2.75, 3.05) is 7.11 Å². The Hall–Kier alpha value is -1.65. The molecule has 0 N–H and O–H groups in total. The van der Waals surface area contributed by atoms with Gasteiger partial charge in [-0.3, -0.25) is 9.48 Å². The van der Waals surface area contributed by atoms with E-state index in [0.717, 1.165) is 12.8 Å². The second-order valence-corrected chi connectivity index (χ2v) is 3.96. The smallest absolute Gasteiger partial charge is 0.358 e. The molecule has 0 spiro atoms. The molecule has 5 heteroatoms. The van der Waals surface area contributed by atoms with E-state index in [-0.39, 0.29) is 11.8 Å². The SMILES string of the molecule is COC(=O)c1ccn(C2CCCC(=O)C2)n1. The molecule has 1 aliphatic carbocycles. The molecule has 1 heterocycles. The number of aromatic nitrogens is 2. The Morgan fingerprint density at radius 2 is 2.44 bits per heavy atom. The lowest BCUT2D eigenvalue weighted by atomic mass is 9.94. The van der Waals surface area contributed by atoms with Gasteiger partial charge in [-0.25, -0.2) is 4.79 Å². The van der Waals surface area contributed by atoms with Crippen LogP contribution < -0.4 is 0 Å². The molecule has 1 aromatic rings. The molecule has 1 aromatic heterocycles. The molecule has 0 aromatic carbocycles. The van der Waals surface area contributed by atoms with Crippen LogP contribution in [0.5, 0.6) is 0 Å². The number of carbonyl (C=O) groups is 2. The average Bonchev–Trinajstić information content (AvgIpc) is 2.77. The molecule has 0 radical (unpaired) electrons. The highest BCUT2D eigenvalue weighted by molar-refractivity contribution is 5.86. The first-order valence-electron chi connectivity index (χ1n) is 5.36. The maximum atomic E-state index is 11.3. The van der Waals surface area contributed by atoms with Crippen LogP contribution in [0.4, 0.5) is 0 Å². The van der Waals surface area contributed by atoms with Gasteiger partial charge in [0.1, 0.15) is 5.78 Å². The van der Waals surface area contributed by atoms with E-state index < -0.39 is 5.97 Å². The van der Waals surface area contributed by atoms with Crippen LogP contribution in [0.25, 0.3) is 0 Å². The number of ketones is 1. The molecular weight excluding hydrogens is 208 g/mol. The number of carbonyl (C=O) groups excluding carboxylic acids is 2. The highest BCUT2D eigenvalue weighted by atomic mass is 16.5. The summed E-state index contributed by atoms with van der Waals surface area (Å²) in [5.74, 6) is -0.174. The van der Waals surface area contributed by atoms with E-state index in [1.807, 2.05) is 0 Å². The zero-order valence-corrected chi connectivity index (χ0v) is 9.18. The fraction of sp³-hybridized carbons (Fsp3) is 0.545. The number of nitrogens with zero attached hydrogens (tertiary/aromatic N) is 2. The number of rotatable bonds is 2. The topological polar surface area (TPSA) is 61.2 Å². The molecule has 0 saturated heterocycles. The molecule has 16 heavy (non-hydrogen) atoms. The second-order valence-electron chi connectivity index (χ2n) is 3.96. The number of methoxy groups -OCH3 is 1. The molecule has 1 fully saturated rings. The van der Waals surface area contributed by atoms with Crippen LogP contribution in [-0.2, 0) is 9.53 Å². The van der Waals surface area contributed by atoms with E-state index in [1.165, 1.54) is 7.11 Å². The van der Waals surface area contributed by atoms with Crippen LogP contribution in [0.1, 0.15) is 42.2 Å². The third-order valence-electron chi connectivity index (χ3n) is 2.83. The van der Waals surface area contributed by atoms with Crippen molar-refractivity contribution in [2.45, 2.75) is 31.7 Å². The Morgan fingerprint density at radius 3 is 3.12 bits per heavy atom. The molecule has 0 aliphatic heterocycles. The number of Topliss-reactive ketones (excluding diaryl/α,β-unsaturated/α-hetero) is 1. The molecular formula is C11H14N2O3. The normalized spacial score (nSPS) is 20.8. The summed E-state index contributed by atoms with van der Waals surface area (Å²) >= 11 is 0. The van der Waals surface area contributed by atoms with Crippen molar-refractivity contribution in [3.8, 4) is 0 Å². The van der Waals surface area contributed by atoms with Crippen molar-refractivity contribution in [1.29, 1.82) is 0 Å². The molecule has 1 atom stereocenters. The molecule has 1 saturated carbocycles. The summed E-state index contributed by atoms with van der Waals surface area (Å²) in [7, 11) is 1.32. The van der Waals surface area contributed by atoms with Crippen molar-refractivity contribution in [3.05, 3.63) is 18.0 Å². The fourth-order valence-corrected chi connectivity index (χ4v) is 1.98. The van der Waals surface area contributed by atoms with Crippen molar-refractivity contribution in [3.63, 3.8) is 0 Å². The molecule has 5 nitrogen and oxygen atoms in total. The summed E-state index contributed by atoms with van der Waals surface area (Å²) in [6, 6.07) is 1.71. The van der Waals surface area contributed by atoms with E-state index in [4.69, 9.17) is 0 Å². The maximum absolute atomic E-state index is 11.3. The summed E-state index contributed by atoms with van der Waals surface area (Å²) in [6.45, 7) is 0. The van der Waals surface area contributed by atoms with Crippen LogP contribution in [0, 0.1) is 0 Å². The second kappa shape index (κ2) is 4.47. The largest absolute Gasteiger partial charge is 0.464 e. The minimum atomic E-state index is -0.444. The van der Waals surface area contributed by atoms with E-state index in [0.29, 0.717) is 18.5 Å². The highest BCUT2D eigenvalue weighted by Gasteiger charge is 2.22. The lowest BCUT2D eigenvalue weighted by Gasteiger charge is -2.20. The van der Waals surface area contributed by atoms with Gasteiger partial charge in [0, 0.05) is 19.0 Å². The average molecular weight is 222 g/mol. The first kappa shape index (κ1) is 10.9. The molecule has 86 valence electrons. The van der Waals surface area contributed by atoms with Crippen LogP contribution in [-0.4, -0.2) is 28.6 Å². The quantitative estimate of drug-likeness (QED) is 0.709. The number of hydrogen-bond donors (Lipinski definition) is 0. The Labute approximate surface area is 93.4 Å². The predicted molar refractivity (Wildman–Crippen MR) is 56.1 cm³/mol. The lowest BCUT2D eigenvalue weighted by molar-refractivity contribution is -0.121. The zero-order valence-electron chi connectivity index (χ0n) is 9.18. The summed E-state index contributed by atoms with van der Waals surface area (Å²) < 4.78 is 6.27. The van der Waals surface area contributed by atoms with Gasteiger partial charge in [0.05, 0.1) is 13.2 Å². The van der Waals surface area contributed by atoms with Gasteiger partial charge in [-0.1, -0.05) is 0 Å². The monoisotopic (exact) mass is 222 g/mol. The van der Waals surface area contributed by atoms with E-state index in [1.54, 1.807) is 16.9 Å². The van der Waals surface area contributed by atoms with Gasteiger partial charge >= 0.3 is 5.97 Å². The van der Waals surface area contributed by atoms with Crippen LogP contribution >= 0.6 is 0 Å². The van der Waals surface area contributed by atoms with Gasteiger partial charge in [-0.05, 0) is 18.9 Å². The summed E-state index contributed by atoms with van der Waals surface area (Å²) in [4.78, 5) is 22.5. The van der Waals surface area contributed by atoms with Crippen LogP contribution in [0.2, 0.25) is 0 Å². The first-order valence-corrected chi connectivity index (χ1v) is 5.36. The Morgan fingerprint density at radius 1 is 1.62 bits per heavy atom. The zero-order chi connectivity index (χ0) is 11.5. The number of ether oxygens (including phenoxy) is 1. The predicted octanol–water partition coefficient (Wildman–Crippen LogP) is 1.35. The van der Waals surface area contributed by atoms with Crippen molar-refractivity contribution < 1.29 is 14.3 Å². The van der Waals surface area contributed by atoms with Gasteiger partial charge in [0.25, 0.3) is 0 Å². The maximum Gasteiger partial charge on any atom is 0.358 e. The fourth-order valence-electron chi connectivity index (χ4n) is 1.98. The van der Waals surface area contributed by atoms with Crippen LogP contribution in [0.15, 0.2) is 12.3 Å². The van der Waals surface area contributed by atoms with Crippen molar-refractivity contribution >= 4 is 11.8 Å². The Balaban J connectivity index is 2.12. The number of esters is 1. The van der Waals surface area contributed by atoms with Gasteiger partial charge in [0.15, 0.2) is 5.69 Å². The van der Waals surface area contributed by atoms with E-state index in [2.05, 4.69) is 9.84 Å². The van der Waals surface area contributed by atoms with Gasteiger partial charge in [-0.15, -0.1) is 0 Å². The van der Waals surface area contributed by atoms with Crippen LogP contribution in [0.3, 0.4) is 0 Å². The lowest BCUT2D eigenvalue weighted by Crippen LogP contribution is -2.19. The molecule has 0 amide bonds. The van der Waals surface area contributed by atoms with Crippen molar-refractivity contribution in [1.82, 2.24) is 9.78 Å². The summed E-state index contributed by atoms with van der Waals surface area (Å²) in [5, 5.41) is 4.13. The third-order valence-corrected chi connectivity index (χ3v) is 2.83. The Bertz CT molecular complexity index is 411. The standard InChI is InChI=1S/C11H14N2O3/c1-16-11(15)10-5-6-13(12-10)8-3-2-4-9(14)7-8/h5-6,8H,2-4,7H2,1H3. The minimum Gasteiger partial charge on any atom is -0.464 e. The highest BCUT2D eigenvalue weighted by Crippen LogP contribution is 2.25. The van der Waals surface area contributed by atoms with Gasteiger partial charge in [-0.2, -0.15) is 5.10 Å². The molecule has 0 bridgehead atoms. The van der Waals surface area contributed by atoms with E-state index >= 15 is 0 Å². The molecule has 1 unspecified atom stereocenters. The molecule has 2 rings (SSSR count). The first-order chi connectivity index (χ1) is 7.70. The molecule has 1 aliphatic rings. The third kappa shape index (κ3) is 2.13. The minimum absolute atomic E-state index is 0.0969. The van der Waals surface area contributed by atoms with Crippen molar-refractivity contribution in [2.24, 2.45) is 0 Å².